The van der Waals surface area contributed by atoms with Crippen molar-refractivity contribution in [1.82, 2.24) is 10.8 Å². The highest BCUT2D eigenvalue weighted by Crippen LogP contribution is 2.36. The van der Waals surface area contributed by atoms with E-state index < -0.39 is 24.0 Å². The minimum absolute atomic E-state index is 0.163. The molecule has 1 aromatic rings. The third-order valence-electron chi connectivity index (χ3n) is 5.53. The molecule has 0 saturated carbocycles. The van der Waals surface area contributed by atoms with E-state index in [4.69, 9.17) is 14.7 Å². The van der Waals surface area contributed by atoms with Crippen LogP contribution in [-0.4, -0.2) is 48.0 Å². The molecule has 1 aromatic carbocycles. The van der Waals surface area contributed by atoms with Crippen LogP contribution in [0.2, 0.25) is 0 Å². The summed E-state index contributed by atoms with van der Waals surface area (Å²) in [5.41, 5.74) is 3.67. The zero-order valence-corrected chi connectivity index (χ0v) is 15.8. The second kappa shape index (κ2) is 9.86. The Morgan fingerprint density at radius 2 is 1.75 bits per heavy atom. The van der Waals surface area contributed by atoms with Gasteiger partial charge in [0.2, 0.25) is 0 Å². The number of carboxylic acids is 2. The molecule has 0 amide bonds. The topological polar surface area (TPSA) is 117 Å². The van der Waals surface area contributed by atoms with Gasteiger partial charge in [-0.3, -0.25) is 14.4 Å². The molecule has 0 bridgehead atoms. The highest BCUT2D eigenvalue weighted by atomic mass is 16.7. The van der Waals surface area contributed by atoms with Crippen LogP contribution in [0.25, 0.3) is 0 Å². The van der Waals surface area contributed by atoms with Gasteiger partial charge in [0.1, 0.15) is 5.75 Å². The molecular weight excluding hydrogens is 364 g/mol. The number of benzene rings is 1. The van der Waals surface area contributed by atoms with Crippen molar-refractivity contribution in [3.63, 3.8) is 0 Å². The summed E-state index contributed by atoms with van der Waals surface area (Å²) < 4.78 is 5.85. The Kier molecular flexibility index (Phi) is 7.24. The number of hydrogen-bond donors (Lipinski definition) is 4. The van der Waals surface area contributed by atoms with Crippen LogP contribution in [0.1, 0.15) is 43.7 Å². The molecule has 0 spiro atoms. The molecule has 3 atom stereocenters. The first-order valence-electron chi connectivity index (χ1n) is 9.81. The van der Waals surface area contributed by atoms with E-state index in [0.29, 0.717) is 12.5 Å². The molecule has 8 heteroatoms. The number of aliphatic carboxylic acids is 2. The molecule has 2 fully saturated rings. The smallest absolute Gasteiger partial charge is 0.306 e. The first-order chi connectivity index (χ1) is 13.5. The summed E-state index contributed by atoms with van der Waals surface area (Å²) in [5.74, 6) is -0.965. The van der Waals surface area contributed by atoms with Gasteiger partial charge < -0.3 is 20.3 Å². The van der Waals surface area contributed by atoms with Crippen molar-refractivity contribution >= 4 is 11.9 Å². The Balaban J connectivity index is 1.56. The van der Waals surface area contributed by atoms with E-state index in [0.717, 1.165) is 30.8 Å². The lowest BCUT2D eigenvalue weighted by Gasteiger charge is -2.22. The quantitative estimate of drug-likeness (QED) is 0.504. The minimum atomic E-state index is -1.01. The molecule has 3 unspecified atom stereocenters. The first kappa shape index (κ1) is 20.6. The number of ether oxygens (including phenoxy) is 1. The van der Waals surface area contributed by atoms with Crippen LogP contribution in [0, 0.1) is 11.8 Å². The molecule has 2 heterocycles. The van der Waals surface area contributed by atoms with Crippen LogP contribution < -0.4 is 15.5 Å². The standard InChI is InChI=1S/C20H28N2O6/c23-18(24)11-16-17(12-19(25)26)28-22-20(16)14-1-3-15(4-2-14)27-10-7-13-5-8-21-9-6-13/h1-4,13,16-17,20-22H,5-12H2,(H,23,24)(H,25,26). The van der Waals surface area contributed by atoms with Crippen LogP contribution in [-0.2, 0) is 14.4 Å². The van der Waals surface area contributed by atoms with Gasteiger partial charge in [-0.2, -0.15) is 5.48 Å². The van der Waals surface area contributed by atoms with Crippen molar-refractivity contribution in [1.29, 1.82) is 0 Å². The molecular formula is C20H28N2O6. The summed E-state index contributed by atoms with van der Waals surface area (Å²) in [5, 5.41) is 21.6. The van der Waals surface area contributed by atoms with Crippen LogP contribution >= 0.6 is 0 Å². The summed E-state index contributed by atoms with van der Waals surface area (Å²) in [7, 11) is 0. The van der Waals surface area contributed by atoms with Gasteiger partial charge in [-0.05, 0) is 56.0 Å². The summed E-state index contributed by atoms with van der Waals surface area (Å²) >= 11 is 0. The molecule has 8 nitrogen and oxygen atoms in total. The van der Waals surface area contributed by atoms with Gasteiger partial charge in [0.25, 0.3) is 0 Å². The van der Waals surface area contributed by atoms with Crippen molar-refractivity contribution in [2.45, 2.75) is 44.2 Å². The number of carboxylic acid groups (broad SMARTS) is 2. The predicted molar refractivity (Wildman–Crippen MR) is 101 cm³/mol. The third-order valence-corrected chi connectivity index (χ3v) is 5.53. The zero-order chi connectivity index (χ0) is 19.9. The lowest BCUT2D eigenvalue weighted by atomic mass is 9.86. The van der Waals surface area contributed by atoms with Gasteiger partial charge >= 0.3 is 11.9 Å². The fraction of sp³-hybridized carbons (Fsp3) is 0.600. The summed E-state index contributed by atoms with van der Waals surface area (Å²) in [6.45, 7) is 2.84. The van der Waals surface area contributed by atoms with E-state index in [9.17, 15) is 14.7 Å². The lowest BCUT2D eigenvalue weighted by Crippen LogP contribution is -2.28. The number of piperidine rings is 1. The Labute approximate surface area is 164 Å². The molecule has 0 aliphatic carbocycles. The molecule has 2 aliphatic heterocycles. The number of carbonyl (C=O) groups is 2. The van der Waals surface area contributed by atoms with Gasteiger partial charge in [0, 0.05) is 5.92 Å². The van der Waals surface area contributed by atoms with Gasteiger partial charge in [-0.15, -0.1) is 0 Å². The molecule has 0 aromatic heterocycles. The van der Waals surface area contributed by atoms with Crippen molar-refractivity contribution in [3.8, 4) is 5.75 Å². The average Bonchev–Trinajstić information content (AvgIpc) is 3.04. The monoisotopic (exact) mass is 392 g/mol. The second-order valence-electron chi connectivity index (χ2n) is 7.51. The second-order valence-corrected chi connectivity index (χ2v) is 7.51. The first-order valence-corrected chi connectivity index (χ1v) is 9.81. The van der Waals surface area contributed by atoms with Crippen LogP contribution in [0.4, 0.5) is 0 Å². The molecule has 154 valence electrons. The van der Waals surface area contributed by atoms with Crippen molar-refractivity contribution in [2.75, 3.05) is 19.7 Å². The van der Waals surface area contributed by atoms with Crippen LogP contribution in [0.5, 0.6) is 5.75 Å². The number of rotatable bonds is 9. The van der Waals surface area contributed by atoms with Crippen molar-refractivity contribution < 1.29 is 29.4 Å². The molecule has 3 rings (SSSR count). The number of hydroxylamine groups is 1. The van der Waals surface area contributed by atoms with E-state index in [1.54, 1.807) is 0 Å². The summed E-state index contributed by atoms with van der Waals surface area (Å²) in [6, 6.07) is 7.10. The van der Waals surface area contributed by atoms with Gasteiger partial charge in [-0.1, -0.05) is 12.1 Å². The van der Waals surface area contributed by atoms with Crippen molar-refractivity contribution in [3.05, 3.63) is 29.8 Å². The Hall–Kier alpha value is -2.16. The van der Waals surface area contributed by atoms with Crippen LogP contribution in [0.3, 0.4) is 0 Å². The SMILES string of the molecule is O=C(O)CC1ONC(c2ccc(OCCC3CCNCC3)cc2)C1CC(=O)O. The van der Waals surface area contributed by atoms with Crippen molar-refractivity contribution in [2.24, 2.45) is 11.8 Å². The van der Waals surface area contributed by atoms with E-state index >= 15 is 0 Å². The maximum Gasteiger partial charge on any atom is 0.306 e. The van der Waals surface area contributed by atoms with E-state index in [-0.39, 0.29) is 18.9 Å². The van der Waals surface area contributed by atoms with Crippen LogP contribution in [0.15, 0.2) is 24.3 Å². The maximum absolute atomic E-state index is 11.2. The Bertz CT molecular complexity index is 659. The van der Waals surface area contributed by atoms with Gasteiger partial charge in [0.05, 0.1) is 31.6 Å². The minimum Gasteiger partial charge on any atom is -0.494 e. The molecule has 2 saturated heterocycles. The normalized spacial score (nSPS) is 25.5. The van der Waals surface area contributed by atoms with E-state index in [1.807, 2.05) is 24.3 Å². The summed E-state index contributed by atoms with van der Waals surface area (Å²) in [4.78, 5) is 27.6. The largest absolute Gasteiger partial charge is 0.494 e. The average molecular weight is 392 g/mol. The van der Waals surface area contributed by atoms with E-state index in [2.05, 4.69) is 10.8 Å². The Morgan fingerprint density at radius 3 is 2.39 bits per heavy atom. The fourth-order valence-electron chi connectivity index (χ4n) is 3.97. The molecule has 2 aliphatic rings. The lowest BCUT2D eigenvalue weighted by molar-refractivity contribution is -0.143. The predicted octanol–water partition coefficient (Wildman–Crippen LogP) is 1.97. The highest BCUT2D eigenvalue weighted by Gasteiger charge is 2.40. The van der Waals surface area contributed by atoms with Gasteiger partial charge in [0.15, 0.2) is 0 Å². The summed E-state index contributed by atoms with van der Waals surface area (Å²) in [6.07, 6.45) is 2.35. The fourth-order valence-corrected chi connectivity index (χ4v) is 3.97. The third kappa shape index (κ3) is 5.67. The molecule has 4 N–H and O–H groups in total. The number of hydrogen-bond acceptors (Lipinski definition) is 6. The number of nitrogens with one attached hydrogen (secondary N) is 2. The molecule has 28 heavy (non-hydrogen) atoms. The molecule has 0 radical (unpaired) electrons. The highest BCUT2D eigenvalue weighted by molar-refractivity contribution is 5.69. The maximum atomic E-state index is 11.2. The Morgan fingerprint density at radius 1 is 1.07 bits per heavy atom. The van der Waals surface area contributed by atoms with E-state index in [1.165, 1.54) is 12.8 Å². The van der Waals surface area contributed by atoms with Gasteiger partial charge in [-0.25, -0.2) is 0 Å². The zero-order valence-electron chi connectivity index (χ0n) is 15.8.